The van der Waals surface area contributed by atoms with E-state index in [1.54, 1.807) is 42.5 Å². The molecular formula is C19H13NO3. The first-order valence-electron chi connectivity index (χ1n) is 7.09. The van der Waals surface area contributed by atoms with Gasteiger partial charge in [0.05, 0.1) is 5.69 Å². The Hall–Kier alpha value is -3.27. The number of ketones is 1. The molecule has 3 rings (SSSR count). The number of hydrogen-bond donors (Lipinski definition) is 0. The van der Waals surface area contributed by atoms with Gasteiger partial charge in [-0.2, -0.15) is 0 Å². The van der Waals surface area contributed by atoms with Gasteiger partial charge in [-0.05, 0) is 23.8 Å². The Kier molecular flexibility index (Phi) is 3.97. The predicted octanol–water partition coefficient (Wildman–Crippen LogP) is 3.01. The van der Waals surface area contributed by atoms with Crippen LogP contribution in [0.2, 0.25) is 0 Å². The maximum absolute atomic E-state index is 12.0. The molecule has 4 heteroatoms. The first-order valence-corrected chi connectivity index (χ1v) is 7.09. The van der Waals surface area contributed by atoms with Crippen molar-refractivity contribution < 1.29 is 14.4 Å². The average molecular weight is 303 g/mol. The Labute approximate surface area is 133 Å². The quantitative estimate of drug-likeness (QED) is 0.495. The van der Waals surface area contributed by atoms with E-state index in [1.165, 1.54) is 18.2 Å². The molecule has 1 aliphatic rings. The lowest BCUT2D eigenvalue weighted by Gasteiger charge is -2.13. The Balaban J connectivity index is 1.73. The molecule has 2 aromatic carbocycles. The van der Waals surface area contributed by atoms with Gasteiger partial charge >= 0.3 is 0 Å². The monoisotopic (exact) mass is 303 g/mol. The Bertz CT molecular complexity index is 799. The summed E-state index contributed by atoms with van der Waals surface area (Å²) < 4.78 is 0. The lowest BCUT2D eigenvalue weighted by molar-refractivity contribution is -0.119. The third kappa shape index (κ3) is 3.16. The zero-order valence-corrected chi connectivity index (χ0v) is 12.2. The zero-order valence-electron chi connectivity index (χ0n) is 12.2. The average Bonchev–Trinajstić information content (AvgIpc) is 2.93. The van der Waals surface area contributed by atoms with Crippen molar-refractivity contribution in [3.63, 3.8) is 0 Å². The number of amides is 2. The van der Waals surface area contributed by atoms with Crippen LogP contribution in [0.3, 0.4) is 0 Å². The molecule has 0 saturated carbocycles. The Morgan fingerprint density at radius 2 is 1.43 bits per heavy atom. The minimum atomic E-state index is -0.349. The van der Waals surface area contributed by atoms with E-state index in [9.17, 15) is 14.4 Å². The van der Waals surface area contributed by atoms with Crippen molar-refractivity contribution in [1.82, 2.24) is 0 Å². The molecule has 4 nitrogen and oxygen atoms in total. The molecule has 0 spiro atoms. The molecule has 23 heavy (non-hydrogen) atoms. The van der Waals surface area contributed by atoms with Gasteiger partial charge in [0, 0.05) is 17.7 Å². The second kappa shape index (κ2) is 6.23. The highest BCUT2D eigenvalue weighted by atomic mass is 16.2. The van der Waals surface area contributed by atoms with Gasteiger partial charge < -0.3 is 0 Å². The molecule has 0 atom stereocenters. The standard InChI is InChI=1S/C19H13NO3/c21-17(15-4-2-1-3-5-15)11-8-14-6-9-16(10-7-14)20-18(22)12-13-19(20)23/h1-13H. The molecular weight excluding hydrogens is 290 g/mol. The number of imide groups is 1. The number of carbonyl (C=O) groups excluding carboxylic acids is 3. The van der Waals surface area contributed by atoms with Crippen LogP contribution < -0.4 is 4.90 Å². The molecule has 0 fully saturated rings. The first kappa shape index (κ1) is 14.7. The highest BCUT2D eigenvalue weighted by molar-refractivity contribution is 6.28. The minimum absolute atomic E-state index is 0.0798. The Morgan fingerprint density at radius 3 is 2.04 bits per heavy atom. The number of rotatable bonds is 4. The maximum atomic E-state index is 12.0. The molecule has 1 heterocycles. The number of allylic oxidation sites excluding steroid dienone is 1. The summed E-state index contributed by atoms with van der Waals surface area (Å²) in [4.78, 5) is 36.3. The SMILES string of the molecule is O=C(C=Cc1ccc(N2C(=O)C=CC2=O)cc1)c1ccccc1. The second-order valence-corrected chi connectivity index (χ2v) is 5.00. The third-order valence-corrected chi connectivity index (χ3v) is 3.45. The molecule has 1 aliphatic heterocycles. The molecule has 2 amide bonds. The van der Waals surface area contributed by atoms with Crippen molar-refractivity contribution in [2.45, 2.75) is 0 Å². The van der Waals surface area contributed by atoms with Crippen LogP contribution in [-0.4, -0.2) is 17.6 Å². The lowest BCUT2D eigenvalue weighted by Crippen LogP contribution is -2.29. The van der Waals surface area contributed by atoms with Crippen molar-refractivity contribution in [3.8, 4) is 0 Å². The van der Waals surface area contributed by atoms with E-state index < -0.39 is 0 Å². The number of nitrogens with zero attached hydrogens (tertiary/aromatic N) is 1. The van der Waals surface area contributed by atoms with Crippen molar-refractivity contribution in [2.75, 3.05) is 4.90 Å². The number of carbonyl (C=O) groups is 3. The van der Waals surface area contributed by atoms with Gasteiger partial charge in [0.15, 0.2) is 5.78 Å². The van der Waals surface area contributed by atoms with E-state index in [0.29, 0.717) is 11.3 Å². The third-order valence-electron chi connectivity index (χ3n) is 3.45. The van der Waals surface area contributed by atoms with Crippen molar-refractivity contribution in [1.29, 1.82) is 0 Å². The van der Waals surface area contributed by atoms with Crippen LogP contribution in [0.15, 0.2) is 72.8 Å². The number of benzene rings is 2. The van der Waals surface area contributed by atoms with Gasteiger partial charge in [-0.25, -0.2) is 4.90 Å². The van der Waals surface area contributed by atoms with E-state index in [-0.39, 0.29) is 17.6 Å². The Morgan fingerprint density at radius 1 is 0.826 bits per heavy atom. The van der Waals surface area contributed by atoms with E-state index in [1.807, 2.05) is 18.2 Å². The summed E-state index contributed by atoms with van der Waals surface area (Å²) in [7, 11) is 0. The molecule has 0 radical (unpaired) electrons. The molecule has 2 aromatic rings. The fourth-order valence-corrected chi connectivity index (χ4v) is 2.26. The van der Waals surface area contributed by atoms with E-state index in [0.717, 1.165) is 10.5 Å². The summed E-state index contributed by atoms with van der Waals surface area (Å²) in [5.74, 6) is -0.779. The molecule has 0 saturated heterocycles. The minimum Gasteiger partial charge on any atom is -0.289 e. The normalized spacial score (nSPS) is 14.0. The maximum Gasteiger partial charge on any atom is 0.258 e. The predicted molar refractivity (Wildman–Crippen MR) is 87.9 cm³/mol. The summed E-state index contributed by atoms with van der Waals surface area (Å²) in [6.07, 6.45) is 5.69. The highest BCUT2D eigenvalue weighted by Crippen LogP contribution is 2.20. The van der Waals surface area contributed by atoms with E-state index in [2.05, 4.69) is 0 Å². The molecule has 0 unspecified atom stereocenters. The van der Waals surface area contributed by atoms with Gasteiger partial charge in [-0.15, -0.1) is 0 Å². The summed E-state index contributed by atoms with van der Waals surface area (Å²) in [5, 5.41) is 0. The van der Waals surface area contributed by atoms with E-state index in [4.69, 9.17) is 0 Å². The van der Waals surface area contributed by atoms with Crippen LogP contribution in [0.25, 0.3) is 6.08 Å². The van der Waals surface area contributed by atoms with Crippen LogP contribution >= 0.6 is 0 Å². The molecule has 0 aromatic heterocycles. The largest absolute Gasteiger partial charge is 0.289 e. The van der Waals surface area contributed by atoms with Gasteiger partial charge in [0.2, 0.25) is 0 Å². The summed E-state index contributed by atoms with van der Waals surface area (Å²) in [6.45, 7) is 0. The van der Waals surface area contributed by atoms with E-state index >= 15 is 0 Å². The smallest absolute Gasteiger partial charge is 0.258 e. The van der Waals surface area contributed by atoms with Crippen molar-refractivity contribution in [3.05, 3.63) is 84.0 Å². The molecule has 112 valence electrons. The van der Waals surface area contributed by atoms with Crippen LogP contribution in [0.5, 0.6) is 0 Å². The summed E-state index contributed by atoms with van der Waals surface area (Å²) in [5.41, 5.74) is 1.95. The molecule has 0 bridgehead atoms. The van der Waals surface area contributed by atoms with Crippen LogP contribution in [0.4, 0.5) is 5.69 Å². The lowest BCUT2D eigenvalue weighted by atomic mass is 10.1. The van der Waals surface area contributed by atoms with Gasteiger partial charge in [0.25, 0.3) is 11.8 Å². The number of hydrogen-bond acceptors (Lipinski definition) is 3. The molecule has 0 N–H and O–H groups in total. The fraction of sp³-hybridized carbons (Fsp3) is 0. The van der Waals surface area contributed by atoms with Crippen molar-refractivity contribution >= 4 is 29.4 Å². The van der Waals surface area contributed by atoms with Crippen LogP contribution in [-0.2, 0) is 9.59 Å². The molecule has 0 aliphatic carbocycles. The van der Waals surface area contributed by atoms with Gasteiger partial charge in [-0.3, -0.25) is 14.4 Å². The van der Waals surface area contributed by atoms with Gasteiger partial charge in [-0.1, -0.05) is 48.5 Å². The topological polar surface area (TPSA) is 54.5 Å². The van der Waals surface area contributed by atoms with Gasteiger partial charge in [0.1, 0.15) is 0 Å². The van der Waals surface area contributed by atoms with Crippen LogP contribution in [0.1, 0.15) is 15.9 Å². The van der Waals surface area contributed by atoms with Crippen LogP contribution in [0, 0.1) is 0 Å². The zero-order chi connectivity index (χ0) is 16.2. The summed E-state index contributed by atoms with van der Waals surface area (Å²) in [6, 6.07) is 15.9. The number of anilines is 1. The second-order valence-electron chi connectivity index (χ2n) is 5.00. The first-order chi connectivity index (χ1) is 11.1. The fourth-order valence-electron chi connectivity index (χ4n) is 2.26. The van der Waals surface area contributed by atoms with Crippen molar-refractivity contribution in [2.24, 2.45) is 0 Å². The highest BCUT2D eigenvalue weighted by Gasteiger charge is 2.24. The summed E-state index contributed by atoms with van der Waals surface area (Å²) >= 11 is 0.